The molecule has 0 bridgehead atoms. The van der Waals surface area contributed by atoms with Gasteiger partial charge in [-0.25, -0.2) is 13.1 Å². The van der Waals surface area contributed by atoms with Crippen LogP contribution in [0.3, 0.4) is 0 Å². The number of aryl methyl sites for hydroxylation is 2. The fourth-order valence-corrected chi connectivity index (χ4v) is 5.15. The molecule has 0 amide bonds. The van der Waals surface area contributed by atoms with Crippen LogP contribution in [-0.4, -0.2) is 8.42 Å². The Morgan fingerprint density at radius 3 is 2.86 bits per heavy atom. The van der Waals surface area contributed by atoms with E-state index in [1.54, 1.807) is 17.4 Å². The number of sulfonamides is 1. The number of nitrogens with one attached hydrogen (secondary N) is 1. The maximum Gasteiger partial charge on any atom is 0.242 e. The summed E-state index contributed by atoms with van der Waals surface area (Å²) in [4.78, 5) is 2.44. The second-order valence-electron chi connectivity index (χ2n) is 5.02. The third-order valence-corrected chi connectivity index (χ3v) is 6.43. The molecule has 0 fully saturated rings. The minimum atomic E-state index is -3.66. The summed E-state index contributed by atoms with van der Waals surface area (Å²) < 4.78 is 27.2. The molecule has 0 radical (unpaired) electrons. The Morgan fingerprint density at radius 1 is 1.29 bits per heavy atom. The number of anilines is 1. The fraction of sp³-hybridized carbons (Fsp3) is 0.286. The highest BCUT2D eigenvalue weighted by Gasteiger charge is 2.19. The quantitative estimate of drug-likeness (QED) is 0.839. The molecule has 1 heterocycles. The average Bonchev–Trinajstić information content (AvgIpc) is 3.00. The molecule has 0 saturated heterocycles. The van der Waals surface area contributed by atoms with Crippen molar-refractivity contribution in [2.75, 3.05) is 5.73 Å². The molecule has 7 heteroatoms. The number of nitrogen functional groups attached to an aromatic ring is 1. The van der Waals surface area contributed by atoms with Gasteiger partial charge in [0.05, 0.1) is 5.69 Å². The van der Waals surface area contributed by atoms with Crippen LogP contribution in [0.15, 0.2) is 29.2 Å². The number of nitrogens with two attached hydrogens (primary N) is 1. The van der Waals surface area contributed by atoms with Gasteiger partial charge in [0.25, 0.3) is 0 Å². The summed E-state index contributed by atoms with van der Waals surface area (Å²) in [6.07, 6.45) is 3.40. The molecule has 21 heavy (non-hydrogen) atoms. The summed E-state index contributed by atoms with van der Waals surface area (Å²) in [7, 11) is -3.66. The predicted molar refractivity (Wildman–Crippen MR) is 86.2 cm³/mol. The standard InChI is InChI=1S/C14H15ClN2O2S2/c15-10-4-5-12(16)14(7-10)21(18,19)17-8-11-6-9-2-1-3-13(9)20-11/h4-7,17H,1-3,8,16H2. The lowest BCUT2D eigenvalue weighted by molar-refractivity contribution is 0.582. The molecule has 1 aliphatic carbocycles. The Bertz CT molecular complexity index is 763. The Hall–Kier alpha value is -1.08. The second-order valence-corrected chi connectivity index (χ2v) is 8.41. The highest BCUT2D eigenvalue weighted by Crippen LogP contribution is 2.31. The number of thiophene rings is 1. The van der Waals surface area contributed by atoms with Gasteiger partial charge in [0.15, 0.2) is 0 Å². The van der Waals surface area contributed by atoms with Gasteiger partial charge in [0.1, 0.15) is 4.90 Å². The van der Waals surface area contributed by atoms with Gasteiger partial charge in [0, 0.05) is 21.3 Å². The molecule has 4 nitrogen and oxygen atoms in total. The van der Waals surface area contributed by atoms with E-state index < -0.39 is 10.0 Å². The third-order valence-electron chi connectivity index (χ3n) is 3.50. The fourth-order valence-electron chi connectivity index (χ4n) is 2.46. The van der Waals surface area contributed by atoms with E-state index in [0.717, 1.165) is 17.7 Å². The van der Waals surface area contributed by atoms with E-state index in [0.29, 0.717) is 5.02 Å². The largest absolute Gasteiger partial charge is 0.398 e. The van der Waals surface area contributed by atoms with Crippen molar-refractivity contribution < 1.29 is 8.42 Å². The van der Waals surface area contributed by atoms with Gasteiger partial charge in [-0.15, -0.1) is 11.3 Å². The first kappa shape index (κ1) is 14.8. The Morgan fingerprint density at radius 2 is 2.10 bits per heavy atom. The molecule has 112 valence electrons. The first-order valence-corrected chi connectivity index (χ1v) is 9.28. The lowest BCUT2D eigenvalue weighted by Crippen LogP contribution is -2.23. The summed E-state index contributed by atoms with van der Waals surface area (Å²) >= 11 is 7.53. The molecule has 1 aromatic carbocycles. The zero-order valence-electron chi connectivity index (χ0n) is 11.2. The molecular formula is C14H15ClN2O2S2. The molecule has 2 aromatic rings. The number of benzene rings is 1. The van der Waals surface area contributed by atoms with E-state index in [4.69, 9.17) is 17.3 Å². The topological polar surface area (TPSA) is 72.2 Å². The maximum atomic E-state index is 12.3. The van der Waals surface area contributed by atoms with E-state index in [2.05, 4.69) is 10.8 Å². The molecule has 0 aliphatic heterocycles. The first-order valence-electron chi connectivity index (χ1n) is 6.61. The molecule has 1 aliphatic rings. The highest BCUT2D eigenvalue weighted by atomic mass is 35.5. The molecular weight excluding hydrogens is 328 g/mol. The molecule has 0 atom stereocenters. The summed E-state index contributed by atoms with van der Waals surface area (Å²) in [6.45, 7) is 0.284. The van der Waals surface area contributed by atoms with E-state index in [-0.39, 0.29) is 17.1 Å². The number of hydrogen-bond acceptors (Lipinski definition) is 4. The van der Waals surface area contributed by atoms with Crippen LogP contribution in [0.5, 0.6) is 0 Å². The average molecular weight is 343 g/mol. The second kappa shape index (κ2) is 5.61. The number of hydrogen-bond donors (Lipinski definition) is 2. The highest BCUT2D eigenvalue weighted by molar-refractivity contribution is 7.89. The monoisotopic (exact) mass is 342 g/mol. The predicted octanol–water partition coefficient (Wildman–Crippen LogP) is 2.95. The van der Waals surface area contributed by atoms with E-state index in [1.807, 2.05) is 0 Å². The van der Waals surface area contributed by atoms with Crippen LogP contribution >= 0.6 is 22.9 Å². The molecule has 0 unspecified atom stereocenters. The third kappa shape index (κ3) is 3.08. The molecule has 3 N–H and O–H groups in total. The van der Waals surface area contributed by atoms with Crippen LogP contribution < -0.4 is 10.5 Å². The van der Waals surface area contributed by atoms with Crippen molar-refractivity contribution in [2.24, 2.45) is 0 Å². The van der Waals surface area contributed by atoms with Gasteiger partial charge < -0.3 is 5.73 Å². The molecule has 1 aromatic heterocycles. The van der Waals surface area contributed by atoms with Crippen LogP contribution in [0.25, 0.3) is 0 Å². The molecule has 0 spiro atoms. The summed E-state index contributed by atoms with van der Waals surface area (Å²) in [5.41, 5.74) is 7.28. The number of fused-ring (bicyclic) bond motifs is 1. The summed E-state index contributed by atoms with van der Waals surface area (Å²) in [5.74, 6) is 0. The van der Waals surface area contributed by atoms with Crippen molar-refractivity contribution in [1.82, 2.24) is 4.72 Å². The smallest absolute Gasteiger partial charge is 0.242 e. The van der Waals surface area contributed by atoms with Crippen molar-refractivity contribution in [3.63, 3.8) is 0 Å². The van der Waals surface area contributed by atoms with Crippen LogP contribution in [0.1, 0.15) is 21.7 Å². The zero-order valence-corrected chi connectivity index (χ0v) is 13.6. The van der Waals surface area contributed by atoms with Gasteiger partial charge in [0.2, 0.25) is 10.0 Å². The van der Waals surface area contributed by atoms with Gasteiger partial charge in [-0.1, -0.05) is 11.6 Å². The lowest BCUT2D eigenvalue weighted by atomic mass is 10.2. The SMILES string of the molecule is Nc1ccc(Cl)cc1S(=O)(=O)NCc1cc2c(s1)CCC2. The van der Waals surface area contributed by atoms with Gasteiger partial charge in [-0.3, -0.25) is 0 Å². The van der Waals surface area contributed by atoms with Gasteiger partial charge in [-0.05, 0) is 49.1 Å². The molecule has 0 saturated carbocycles. The maximum absolute atomic E-state index is 12.3. The minimum Gasteiger partial charge on any atom is -0.398 e. The van der Waals surface area contributed by atoms with Gasteiger partial charge in [-0.2, -0.15) is 0 Å². The van der Waals surface area contributed by atoms with Crippen molar-refractivity contribution in [1.29, 1.82) is 0 Å². The number of halogens is 1. The van der Waals surface area contributed by atoms with Crippen LogP contribution in [0.2, 0.25) is 5.02 Å². The van der Waals surface area contributed by atoms with Crippen molar-refractivity contribution in [3.05, 3.63) is 44.6 Å². The van der Waals surface area contributed by atoms with E-state index in [1.165, 1.54) is 29.0 Å². The Kier molecular flexibility index (Phi) is 3.96. The van der Waals surface area contributed by atoms with Gasteiger partial charge >= 0.3 is 0 Å². The minimum absolute atomic E-state index is 0.0269. The Balaban J connectivity index is 1.78. The molecule has 3 rings (SSSR count). The summed E-state index contributed by atoms with van der Waals surface area (Å²) in [5, 5.41) is 0.347. The van der Waals surface area contributed by atoms with Crippen molar-refractivity contribution >= 4 is 38.6 Å². The van der Waals surface area contributed by atoms with Crippen LogP contribution in [0.4, 0.5) is 5.69 Å². The van der Waals surface area contributed by atoms with Crippen molar-refractivity contribution in [3.8, 4) is 0 Å². The van der Waals surface area contributed by atoms with Crippen LogP contribution in [-0.2, 0) is 29.4 Å². The number of rotatable bonds is 4. The van der Waals surface area contributed by atoms with Crippen LogP contribution in [0, 0.1) is 0 Å². The first-order chi connectivity index (χ1) is 9.95. The van der Waals surface area contributed by atoms with E-state index >= 15 is 0 Å². The summed E-state index contributed by atoms with van der Waals surface area (Å²) in [6, 6.07) is 6.53. The lowest BCUT2D eigenvalue weighted by Gasteiger charge is -2.08. The van der Waals surface area contributed by atoms with E-state index in [9.17, 15) is 8.42 Å². The Labute approximate surface area is 133 Å². The van der Waals surface area contributed by atoms with Crippen molar-refractivity contribution in [2.45, 2.75) is 30.7 Å². The zero-order chi connectivity index (χ0) is 15.0. The normalized spacial score (nSPS) is 14.3.